The fraction of sp³-hybridized carbons (Fsp3) is 0.242. The summed E-state index contributed by atoms with van der Waals surface area (Å²) in [5, 5.41) is 3.72. The summed E-state index contributed by atoms with van der Waals surface area (Å²) >= 11 is 6.09. The molecule has 4 aromatic carbocycles. The number of benzene rings is 4. The van der Waals surface area contributed by atoms with Crippen LogP contribution in [-0.4, -0.2) is 21.4 Å². The van der Waals surface area contributed by atoms with Gasteiger partial charge in [0.15, 0.2) is 0 Å². The van der Waals surface area contributed by atoms with Gasteiger partial charge in [0.1, 0.15) is 5.75 Å². The van der Waals surface area contributed by atoms with Crippen LogP contribution in [0.4, 0.5) is 5.69 Å². The summed E-state index contributed by atoms with van der Waals surface area (Å²) in [6, 6.07) is 27.8. The van der Waals surface area contributed by atoms with Gasteiger partial charge in [-0.1, -0.05) is 79.5 Å². The maximum atomic E-state index is 14.1. The molecule has 1 N–H and O–H groups in total. The number of hydrogen-bond donors (Lipinski definition) is 1. The van der Waals surface area contributed by atoms with Crippen molar-refractivity contribution in [2.24, 2.45) is 5.92 Å². The second-order valence-corrected chi connectivity index (χ2v) is 12.7. The van der Waals surface area contributed by atoms with E-state index in [-0.39, 0.29) is 29.0 Å². The number of carbonyl (C=O) groups excluding carboxylic acids is 1. The van der Waals surface area contributed by atoms with Gasteiger partial charge in [-0.2, -0.15) is 0 Å². The van der Waals surface area contributed by atoms with Gasteiger partial charge in [0.2, 0.25) is 0 Å². The minimum atomic E-state index is -4.04. The molecule has 0 aromatic heterocycles. The predicted molar refractivity (Wildman–Crippen MR) is 165 cm³/mol. The van der Waals surface area contributed by atoms with Crippen molar-refractivity contribution in [1.82, 2.24) is 5.32 Å². The zero-order valence-electron chi connectivity index (χ0n) is 23.7. The van der Waals surface area contributed by atoms with E-state index >= 15 is 0 Å². The first-order valence-electron chi connectivity index (χ1n) is 13.5. The van der Waals surface area contributed by atoms with Crippen LogP contribution in [-0.2, 0) is 16.6 Å². The number of hydrogen-bond acceptors (Lipinski definition) is 4. The number of ether oxygens (including phenoxy) is 1. The molecular formula is C33H35ClN2O4S. The lowest BCUT2D eigenvalue weighted by Gasteiger charge is -2.28. The third kappa shape index (κ3) is 7.48. The number of halogens is 1. The van der Waals surface area contributed by atoms with Crippen LogP contribution in [0, 0.1) is 12.8 Å². The molecular weight excluding hydrogens is 556 g/mol. The van der Waals surface area contributed by atoms with Crippen molar-refractivity contribution in [3.05, 3.63) is 124 Å². The van der Waals surface area contributed by atoms with Gasteiger partial charge < -0.3 is 10.1 Å². The summed E-state index contributed by atoms with van der Waals surface area (Å²) in [4.78, 5) is 14.0. The van der Waals surface area contributed by atoms with E-state index in [4.69, 9.17) is 16.3 Å². The predicted octanol–water partition coefficient (Wildman–Crippen LogP) is 7.57. The highest BCUT2D eigenvalue weighted by Gasteiger charge is 2.29. The Bertz CT molecular complexity index is 1570. The highest BCUT2D eigenvalue weighted by atomic mass is 35.5. The molecule has 8 heteroatoms. The largest absolute Gasteiger partial charge is 0.497 e. The number of rotatable bonds is 11. The zero-order chi connectivity index (χ0) is 29.6. The summed E-state index contributed by atoms with van der Waals surface area (Å²) < 4.78 is 34.8. The minimum Gasteiger partial charge on any atom is -0.497 e. The van der Waals surface area contributed by atoms with Crippen molar-refractivity contribution in [1.29, 1.82) is 0 Å². The Hall–Kier alpha value is -3.81. The van der Waals surface area contributed by atoms with Crippen LogP contribution >= 0.6 is 11.6 Å². The molecule has 0 bridgehead atoms. The average Bonchev–Trinajstić information content (AvgIpc) is 2.96. The average molecular weight is 591 g/mol. The minimum absolute atomic E-state index is 0.0194. The Morgan fingerprint density at radius 2 is 1.54 bits per heavy atom. The Labute approximate surface area is 248 Å². The van der Waals surface area contributed by atoms with Gasteiger partial charge in [0.25, 0.3) is 15.9 Å². The van der Waals surface area contributed by atoms with Crippen LogP contribution in [0.15, 0.2) is 102 Å². The standard InChI is InChI=1S/C33H35ClN2O4S/c1-23(2)21-31(26-13-17-28(40-4)18-14-26)35-33(37)30-7-5-6-8-32(30)36(22-25-11-15-27(34)16-12-25)41(38,39)29-19-9-24(3)10-20-29/h5-20,23,31H,21-22H2,1-4H3,(H,35,37). The number of para-hydroxylation sites is 1. The normalized spacial score (nSPS) is 12.1. The lowest BCUT2D eigenvalue weighted by Crippen LogP contribution is -2.35. The molecule has 0 radical (unpaired) electrons. The van der Waals surface area contributed by atoms with Crippen LogP contribution in [0.1, 0.15) is 53.4 Å². The maximum Gasteiger partial charge on any atom is 0.264 e. The van der Waals surface area contributed by atoms with Gasteiger partial charge in [-0.25, -0.2) is 8.42 Å². The van der Waals surface area contributed by atoms with Crippen molar-refractivity contribution in [3.63, 3.8) is 0 Å². The molecule has 4 aromatic rings. The Morgan fingerprint density at radius 3 is 2.15 bits per heavy atom. The second kappa shape index (κ2) is 13.2. The molecule has 214 valence electrons. The number of sulfonamides is 1. The third-order valence-corrected chi connectivity index (χ3v) is 8.82. The second-order valence-electron chi connectivity index (χ2n) is 10.4. The Morgan fingerprint density at radius 1 is 0.902 bits per heavy atom. The smallest absolute Gasteiger partial charge is 0.264 e. The molecule has 6 nitrogen and oxygen atoms in total. The summed E-state index contributed by atoms with van der Waals surface area (Å²) in [6.45, 7) is 6.11. The van der Waals surface area contributed by atoms with E-state index in [0.29, 0.717) is 23.0 Å². The van der Waals surface area contributed by atoms with E-state index in [1.807, 2.05) is 31.2 Å². The van der Waals surface area contributed by atoms with Crippen LogP contribution in [0.25, 0.3) is 0 Å². The first-order chi connectivity index (χ1) is 19.6. The first-order valence-corrected chi connectivity index (χ1v) is 15.3. The van der Waals surface area contributed by atoms with Gasteiger partial charge in [0.05, 0.1) is 35.8 Å². The topological polar surface area (TPSA) is 75.7 Å². The first kappa shape index (κ1) is 30.2. The van der Waals surface area contributed by atoms with Gasteiger partial charge >= 0.3 is 0 Å². The molecule has 0 saturated heterocycles. The number of nitrogens with zero attached hydrogens (tertiary/aromatic N) is 1. The van der Waals surface area contributed by atoms with Gasteiger partial charge in [-0.05, 0) is 78.9 Å². The molecule has 0 spiro atoms. The van der Waals surface area contributed by atoms with Gasteiger partial charge in [-0.15, -0.1) is 0 Å². The van der Waals surface area contributed by atoms with E-state index in [2.05, 4.69) is 19.2 Å². The number of anilines is 1. The number of methoxy groups -OCH3 is 1. The van der Waals surface area contributed by atoms with Crippen molar-refractivity contribution < 1.29 is 17.9 Å². The molecule has 4 rings (SSSR count). The fourth-order valence-corrected chi connectivity index (χ4v) is 6.20. The van der Waals surface area contributed by atoms with E-state index < -0.39 is 10.0 Å². The van der Waals surface area contributed by atoms with Crippen molar-refractivity contribution in [2.75, 3.05) is 11.4 Å². The van der Waals surface area contributed by atoms with Crippen molar-refractivity contribution >= 4 is 33.2 Å². The number of carbonyl (C=O) groups is 1. The SMILES string of the molecule is COc1ccc(C(CC(C)C)NC(=O)c2ccccc2N(Cc2ccc(Cl)cc2)S(=O)(=O)c2ccc(C)cc2)cc1. The quantitative estimate of drug-likeness (QED) is 0.195. The number of nitrogens with one attached hydrogen (secondary N) is 1. The molecule has 1 atom stereocenters. The Kier molecular flexibility index (Phi) is 9.73. The molecule has 0 aliphatic heterocycles. The summed E-state index contributed by atoms with van der Waals surface area (Å²) in [5.41, 5.74) is 3.17. The summed E-state index contributed by atoms with van der Waals surface area (Å²) in [6.07, 6.45) is 0.705. The molecule has 0 aliphatic rings. The maximum absolute atomic E-state index is 14.1. The van der Waals surface area contributed by atoms with E-state index in [0.717, 1.165) is 22.4 Å². The van der Waals surface area contributed by atoms with Gasteiger partial charge in [0, 0.05) is 5.02 Å². The Balaban J connectivity index is 1.75. The van der Waals surface area contributed by atoms with Crippen LogP contribution in [0.5, 0.6) is 5.75 Å². The van der Waals surface area contributed by atoms with E-state index in [1.165, 1.54) is 4.31 Å². The number of amides is 1. The monoisotopic (exact) mass is 590 g/mol. The molecule has 1 unspecified atom stereocenters. The van der Waals surface area contributed by atoms with Crippen LogP contribution < -0.4 is 14.4 Å². The molecule has 41 heavy (non-hydrogen) atoms. The third-order valence-electron chi connectivity index (χ3n) is 6.80. The van der Waals surface area contributed by atoms with E-state index in [9.17, 15) is 13.2 Å². The van der Waals surface area contributed by atoms with Crippen LogP contribution in [0.2, 0.25) is 5.02 Å². The molecule has 1 amide bonds. The lowest BCUT2D eigenvalue weighted by atomic mass is 9.96. The highest BCUT2D eigenvalue weighted by Crippen LogP contribution is 2.31. The summed E-state index contributed by atoms with van der Waals surface area (Å²) in [5.74, 6) is 0.677. The molecule has 0 heterocycles. The van der Waals surface area contributed by atoms with Crippen LogP contribution in [0.3, 0.4) is 0 Å². The van der Waals surface area contributed by atoms with E-state index in [1.54, 1.807) is 79.9 Å². The molecule has 0 fully saturated rings. The number of aryl methyl sites for hydroxylation is 1. The molecule has 0 saturated carbocycles. The zero-order valence-corrected chi connectivity index (χ0v) is 25.2. The van der Waals surface area contributed by atoms with Crippen molar-refractivity contribution in [2.45, 2.75) is 44.7 Å². The lowest BCUT2D eigenvalue weighted by molar-refractivity contribution is 0.0932. The van der Waals surface area contributed by atoms with Crippen molar-refractivity contribution in [3.8, 4) is 5.75 Å². The molecule has 0 aliphatic carbocycles. The fourth-order valence-electron chi connectivity index (χ4n) is 4.60. The highest BCUT2D eigenvalue weighted by molar-refractivity contribution is 7.92. The summed E-state index contributed by atoms with van der Waals surface area (Å²) in [7, 11) is -2.43. The van der Waals surface area contributed by atoms with Gasteiger partial charge in [-0.3, -0.25) is 9.10 Å².